The fraction of sp³-hybridized carbons (Fsp3) is 0.593. The van der Waals surface area contributed by atoms with Crippen LogP contribution in [0.2, 0.25) is 0 Å². The van der Waals surface area contributed by atoms with Crippen molar-refractivity contribution < 1.29 is 23.9 Å². The number of nitrogens with one attached hydrogen (secondary N) is 2. The second-order valence-corrected chi connectivity index (χ2v) is 11.6. The van der Waals surface area contributed by atoms with Crippen molar-refractivity contribution in [1.82, 2.24) is 10.2 Å². The number of ether oxygens (including phenoxy) is 2. The molecule has 192 valence electrons. The number of likely N-dealkylation sites (tertiary alicyclic amines) is 1. The van der Waals surface area contributed by atoms with Gasteiger partial charge in [-0.3, -0.25) is 14.4 Å². The summed E-state index contributed by atoms with van der Waals surface area (Å²) in [5, 5.41) is 6.18. The van der Waals surface area contributed by atoms with E-state index in [0.717, 1.165) is 43.0 Å². The molecule has 1 saturated carbocycles. The zero-order chi connectivity index (χ0) is 24.9. The number of nitrogens with zero attached hydrogens (tertiary/aromatic N) is 1. The summed E-state index contributed by atoms with van der Waals surface area (Å²) in [4.78, 5) is 42.9. The third kappa shape index (κ3) is 4.09. The molecule has 3 amide bonds. The van der Waals surface area contributed by atoms with Crippen LogP contribution in [0.25, 0.3) is 0 Å². The number of hydrogen-bond acceptors (Lipinski definition) is 5. The molecule has 2 bridgehead atoms. The molecule has 2 N–H and O–H groups in total. The van der Waals surface area contributed by atoms with E-state index in [9.17, 15) is 14.4 Å². The molecule has 36 heavy (non-hydrogen) atoms. The molecule has 0 aromatic heterocycles. The Morgan fingerprint density at radius 1 is 1.06 bits per heavy atom. The monoisotopic (exact) mass is 557 g/mol. The lowest BCUT2D eigenvalue weighted by Gasteiger charge is -2.34. The number of benzene rings is 1. The molecule has 6 rings (SSSR count). The molecule has 5 aliphatic rings. The van der Waals surface area contributed by atoms with Gasteiger partial charge in [-0.1, -0.05) is 47.3 Å². The highest BCUT2D eigenvalue weighted by atomic mass is 79.9. The van der Waals surface area contributed by atoms with Crippen LogP contribution < -0.4 is 10.6 Å². The van der Waals surface area contributed by atoms with Crippen molar-refractivity contribution in [2.45, 2.75) is 74.8 Å². The number of hydrogen-bond donors (Lipinski definition) is 2. The fourth-order valence-corrected chi connectivity index (χ4v) is 7.02. The molecule has 8 nitrogen and oxygen atoms in total. The first-order valence-corrected chi connectivity index (χ1v) is 13.9. The van der Waals surface area contributed by atoms with Crippen LogP contribution in [-0.2, 0) is 23.9 Å². The Kier molecular flexibility index (Phi) is 6.42. The van der Waals surface area contributed by atoms with E-state index in [1.807, 2.05) is 36.4 Å². The highest BCUT2D eigenvalue weighted by Gasteiger charge is 2.73. The summed E-state index contributed by atoms with van der Waals surface area (Å²) in [6.07, 6.45) is 10.2. The first-order chi connectivity index (χ1) is 17.5. The minimum Gasteiger partial charge on any atom is -0.376 e. The highest BCUT2D eigenvalue weighted by Crippen LogP contribution is 2.55. The maximum absolute atomic E-state index is 14.0. The van der Waals surface area contributed by atoms with Gasteiger partial charge in [-0.05, 0) is 49.9 Å². The van der Waals surface area contributed by atoms with Crippen LogP contribution in [0.3, 0.4) is 0 Å². The fourth-order valence-electron chi connectivity index (χ4n) is 6.76. The maximum atomic E-state index is 14.0. The van der Waals surface area contributed by atoms with Crippen molar-refractivity contribution in [3.05, 3.63) is 40.9 Å². The van der Waals surface area contributed by atoms with Gasteiger partial charge in [0.2, 0.25) is 17.7 Å². The van der Waals surface area contributed by atoms with Crippen molar-refractivity contribution in [2.75, 3.05) is 18.5 Å². The highest BCUT2D eigenvalue weighted by molar-refractivity contribution is 9.10. The molecule has 1 spiro atoms. The molecule has 4 heterocycles. The van der Waals surface area contributed by atoms with Crippen LogP contribution in [0, 0.1) is 11.8 Å². The first kappa shape index (κ1) is 24.1. The molecule has 4 aliphatic heterocycles. The van der Waals surface area contributed by atoms with E-state index in [2.05, 4.69) is 26.6 Å². The molecule has 0 unspecified atom stereocenters. The summed E-state index contributed by atoms with van der Waals surface area (Å²) in [7, 11) is 0. The predicted molar refractivity (Wildman–Crippen MR) is 136 cm³/mol. The van der Waals surface area contributed by atoms with Gasteiger partial charge in [0.25, 0.3) is 0 Å². The number of halogens is 1. The largest absolute Gasteiger partial charge is 0.376 e. The molecule has 9 heteroatoms. The van der Waals surface area contributed by atoms with E-state index in [4.69, 9.17) is 9.47 Å². The lowest BCUT2D eigenvalue weighted by Crippen LogP contribution is -2.57. The Morgan fingerprint density at radius 3 is 2.56 bits per heavy atom. The number of carbonyl (C=O) groups is 3. The normalized spacial score (nSPS) is 35.3. The van der Waals surface area contributed by atoms with Gasteiger partial charge in [-0.15, -0.1) is 0 Å². The second kappa shape index (κ2) is 9.58. The number of rotatable bonds is 6. The van der Waals surface area contributed by atoms with Gasteiger partial charge in [0, 0.05) is 29.4 Å². The Bertz CT molecular complexity index is 1070. The topological polar surface area (TPSA) is 97.0 Å². The van der Waals surface area contributed by atoms with Crippen LogP contribution >= 0.6 is 15.9 Å². The SMILES string of the molecule is O=C(Nc1ccc(Br)cc1)[C@H]1[C@H]2C=C[C@]3(O2)[C@H](C(=O)NC2CCCCC2)N(C[C@H]2CCCO2)C(=O)[C@@H]13. The minimum atomic E-state index is -1.14. The van der Waals surface area contributed by atoms with Gasteiger partial charge >= 0.3 is 0 Å². The second-order valence-electron chi connectivity index (χ2n) is 10.7. The molecule has 6 atom stereocenters. The predicted octanol–water partition coefficient (Wildman–Crippen LogP) is 3.17. The summed E-state index contributed by atoms with van der Waals surface area (Å²) < 4.78 is 13.2. The van der Waals surface area contributed by atoms with E-state index in [-0.39, 0.29) is 29.9 Å². The number of fused-ring (bicyclic) bond motifs is 1. The van der Waals surface area contributed by atoms with Crippen LogP contribution in [0.15, 0.2) is 40.9 Å². The number of anilines is 1. The van der Waals surface area contributed by atoms with Crippen molar-refractivity contribution in [1.29, 1.82) is 0 Å². The molecule has 1 aliphatic carbocycles. The van der Waals surface area contributed by atoms with E-state index in [0.29, 0.717) is 18.8 Å². The van der Waals surface area contributed by atoms with Crippen LogP contribution in [0.5, 0.6) is 0 Å². The standard InChI is InChI=1S/C27H32BrN3O5/c28-16-8-10-18(11-9-16)29-24(32)21-20-12-13-27(36-20)22(21)26(34)31(15-19-7-4-14-35-19)23(27)25(33)30-17-5-2-1-3-6-17/h8-13,17,19-23H,1-7,14-15H2,(H,29,32)(H,30,33)/t19-,20-,21+,22-,23+,27-/m1/s1. The molecular formula is C27H32BrN3O5. The summed E-state index contributed by atoms with van der Waals surface area (Å²) in [5.41, 5.74) is -0.488. The molecule has 1 aromatic carbocycles. The van der Waals surface area contributed by atoms with Gasteiger partial charge in [-0.2, -0.15) is 0 Å². The summed E-state index contributed by atoms with van der Waals surface area (Å²) >= 11 is 3.41. The van der Waals surface area contributed by atoms with Crippen LogP contribution in [0.4, 0.5) is 5.69 Å². The average molecular weight is 558 g/mol. The number of carbonyl (C=O) groups excluding carboxylic acids is 3. The van der Waals surface area contributed by atoms with Crippen molar-refractivity contribution >= 4 is 39.3 Å². The van der Waals surface area contributed by atoms with Crippen molar-refractivity contribution in [2.24, 2.45) is 11.8 Å². The molecule has 1 aromatic rings. The number of amides is 3. The van der Waals surface area contributed by atoms with Gasteiger partial charge in [0.1, 0.15) is 11.6 Å². The van der Waals surface area contributed by atoms with E-state index < -0.39 is 29.6 Å². The van der Waals surface area contributed by atoms with E-state index in [1.165, 1.54) is 6.42 Å². The third-order valence-electron chi connectivity index (χ3n) is 8.41. The Morgan fingerprint density at radius 2 is 1.83 bits per heavy atom. The van der Waals surface area contributed by atoms with Gasteiger partial charge in [0.05, 0.1) is 24.0 Å². The van der Waals surface area contributed by atoms with Crippen LogP contribution in [0.1, 0.15) is 44.9 Å². The Labute approximate surface area is 219 Å². The average Bonchev–Trinajstić information content (AvgIpc) is 3.64. The maximum Gasteiger partial charge on any atom is 0.246 e. The Balaban J connectivity index is 1.29. The molecule has 3 saturated heterocycles. The van der Waals surface area contributed by atoms with Gasteiger partial charge < -0.3 is 25.0 Å². The zero-order valence-corrected chi connectivity index (χ0v) is 21.7. The van der Waals surface area contributed by atoms with Crippen molar-refractivity contribution in [3.8, 4) is 0 Å². The summed E-state index contributed by atoms with van der Waals surface area (Å²) in [6, 6.07) is 6.62. The summed E-state index contributed by atoms with van der Waals surface area (Å²) in [6.45, 7) is 1.000. The van der Waals surface area contributed by atoms with Crippen molar-refractivity contribution in [3.63, 3.8) is 0 Å². The first-order valence-electron chi connectivity index (χ1n) is 13.1. The molecular weight excluding hydrogens is 526 g/mol. The van der Waals surface area contributed by atoms with Crippen LogP contribution in [-0.4, -0.2) is 65.7 Å². The van der Waals surface area contributed by atoms with Gasteiger partial charge in [-0.25, -0.2) is 0 Å². The van der Waals surface area contributed by atoms with Gasteiger partial charge in [0.15, 0.2) is 0 Å². The smallest absolute Gasteiger partial charge is 0.246 e. The minimum absolute atomic E-state index is 0.106. The molecule has 4 fully saturated rings. The lowest BCUT2D eigenvalue weighted by molar-refractivity contribution is -0.143. The van der Waals surface area contributed by atoms with E-state index in [1.54, 1.807) is 4.90 Å². The lowest BCUT2D eigenvalue weighted by atomic mass is 9.74. The third-order valence-corrected chi connectivity index (χ3v) is 8.94. The van der Waals surface area contributed by atoms with E-state index >= 15 is 0 Å². The quantitative estimate of drug-likeness (QED) is 0.523. The summed E-state index contributed by atoms with van der Waals surface area (Å²) in [5.74, 6) is -2.10. The molecule has 0 radical (unpaired) electrons. The Hall–Kier alpha value is -2.23. The zero-order valence-electron chi connectivity index (χ0n) is 20.2.